The van der Waals surface area contributed by atoms with Crippen LogP contribution in [0.2, 0.25) is 0 Å². The summed E-state index contributed by atoms with van der Waals surface area (Å²) in [5.74, 6) is -0.0529. The summed E-state index contributed by atoms with van der Waals surface area (Å²) in [6.45, 7) is 0.245. The highest BCUT2D eigenvalue weighted by Gasteiger charge is 2.38. The van der Waals surface area contributed by atoms with E-state index >= 15 is 0 Å². The molecule has 11 heavy (non-hydrogen) atoms. The third kappa shape index (κ3) is 1.72. The molecule has 0 radical (unpaired) electrons. The molecule has 0 spiro atoms. The second-order valence-corrected chi connectivity index (χ2v) is 3.11. The SMILES string of the molecule is COC1(OC)CC[C@@H](CO)C1. The summed E-state index contributed by atoms with van der Waals surface area (Å²) in [5.41, 5.74) is 0. The summed E-state index contributed by atoms with van der Waals surface area (Å²) >= 11 is 0. The Morgan fingerprint density at radius 2 is 2.09 bits per heavy atom. The summed E-state index contributed by atoms with van der Waals surface area (Å²) in [6.07, 6.45) is 2.71. The maximum absolute atomic E-state index is 8.88. The summed E-state index contributed by atoms with van der Waals surface area (Å²) in [4.78, 5) is 0. The first-order valence-electron chi connectivity index (χ1n) is 3.97. The second-order valence-electron chi connectivity index (χ2n) is 3.11. The first kappa shape index (κ1) is 8.97. The van der Waals surface area contributed by atoms with Gasteiger partial charge in [0, 0.05) is 33.7 Å². The van der Waals surface area contributed by atoms with Crippen LogP contribution in [-0.4, -0.2) is 31.7 Å². The Bertz CT molecular complexity index is 121. The van der Waals surface area contributed by atoms with E-state index in [0.717, 1.165) is 19.3 Å². The van der Waals surface area contributed by atoms with Crippen LogP contribution in [-0.2, 0) is 9.47 Å². The fourth-order valence-corrected chi connectivity index (χ4v) is 1.68. The van der Waals surface area contributed by atoms with Crippen molar-refractivity contribution in [3.05, 3.63) is 0 Å². The highest BCUT2D eigenvalue weighted by molar-refractivity contribution is 4.82. The molecule has 1 saturated carbocycles. The average molecular weight is 160 g/mol. The molecule has 66 valence electrons. The molecule has 0 aromatic carbocycles. The Morgan fingerprint density at radius 3 is 2.36 bits per heavy atom. The van der Waals surface area contributed by atoms with E-state index in [1.54, 1.807) is 14.2 Å². The van der Waals surface area contributed by atoms with Gasteiger partial charge in [0.05, 0.1) is 0 Å². The van der Waals surface area contributed by atoms with Crippen molar-refractivity contribution in [2.75, 3.05) is 20.8 Å². The first-order valence-corrected chi connectivity index (χ1v) is 3.97. The lowest BCUT2D eigenvalue weighted by Gasteiger charge is -2.25. The zero-order chi connectivity index (χ0) is 8.32. The predicted octanol–water partition coefficient (Wildman–Crippen LogP) is 0.768. The second kappa shape index (κ2) is 3.52. The van der Waals surface area contributed by atoms with Crippen LogP contribution in [0, 0.1) is 5.92 Å². The lowest BCUT2D eigenvalue weighted by Crippen LogP contribution is -2.30. The van der Waals surface area contributed by atoms with Crippen molar-refractivity contribution in [1.82, 2.24) is 0 Å². The van der Waals surface area contributed by atoms with Crippen LogP contribution in [0.5, 0.6) is 0 Å². The van der Waals surface area contributed by atoms with Gasteiger partial charge in [0.15, 0.2) is 5.79 Å². The van der Waals surface area contributed by atoms with Crippen molar-refractivity contribution in [2.24, 2.45) is 5.92 Å². The first-order chi connectivity index (χ1) is 5.26. The van der Waals surface area contributed by atoms with Crippen molar-refractivity contribution in [3.63, 3.8) is 0 Å². The minimum atomic E-state index is -0.409. The number of aliphatic hydroxyl groups excluding tert-OH is 1. The Morgan fingerprint density at radius 1 is 1.45 bits per heavy atom. The van der Waals surface area contributed by atoms with Gasteiger partial charge in [-0.1, -0.05) is 0 Å². The van der Waals surface area contributed by atoms with Crippen LogP contribution in [0.1, 0.15) is 19.3 Å². The van der Waals surface area contributed by atoms with Crippen LogP contribution in [0.4, 0.5) is 0 Å². The third-order valence-corrected chi connectivity index (χ3v) is 2.54. The highest BCUT2D eigenvalue weighted by Crippen LogP contribution is 2.37. The Kier molecular flexibility index (Phi) is 2.87. The van der Waals surface area contributed by atoms with Crippen LogP contribution >= 0.6 is 0 Å². The van der Waals surface area contributed by atoms with E-state index in [1.807, 2.05) is 0 Å². The van der Waals surface area contributed by atoms with E-state index < -0.39 is 5.79 Å². The normalized spacial score (nSPS) is 29.2. The van der Waals surface area contributed by atoms with Crippen LogP contribution in [0.15, 0.2) is 0 Å². The third-order valence-electron chi connectivity index (χ3n) is 2.54. The molecule has 0 aromatic rings. The average Bonchev–Trinajstić information content (AvgIpc) is 2.49. The van der Waals surface area contributed by atoms with Gasteiger partial charge in [0.2, 0.25) is 0 Å². The number of rotatable bonds is 3. The van der Waals surface area contributed by atoms with Gasteiger partial charge in [-0.15, -0.1) is 0 Å². The molecule has 3 nitrogen and oxygen atoms in total. The Hall–Kier alpha value is -0.120. The van der Waals surface area contributed by atoms with E-state index in [9.17, 15) is 0 Å². The van der Waals surface area contributed by atoms with Gasteiger partial charge in [0.25, 0.3) is 0 Å². The zero-order valence-electron chi connectivity index (χ0n) is 7.17. The lowest BCUT2D eigenvalue weighted by molar-refractivity contribution is -0.203. The van der Waals surface area contributed by atoms with E-state index in [-0.39, 0.29) is 6.61 Å². The van der Waals surface area contributed by atoms with Gasteiger partial charge in [-0.3, -0.25) is 0 Å². The molecule has 1 fully saturated rings. The largest absolute Gasteiger partial charge is 0.396 e. The number of ether oxygens (including phenoxy) is 2. The van der Waals surface area contributed by atoms with Gasteiger partial charge in [0.1, 0.15) is 0 Å². The van der Waals surface area contributed by atoms with Gasteiger partial charge in [-0.25, -0.2) is 0 Å². The Balaban J connectivity index is 2.48. The Labute approximate surface area is 67.3 Å². The summed E-state index contributed by atoms with van der Waals surface area (Å²) in [7, 11) is 3.31. The summed E-state index contributed by atoms with van der Waals surface area (Å²) < 4.78 is 10.5. The fourth-order valence-electron chi connectivity index (χ4n) is 1.68. The molecule has 0 unspecified atom stereocenters. The molecule has 1 aliphatic rings. The molecule has 1 N–H and O–H groups in total. The fraction of sp³-hybridized carbons (Fsp3) is 1.00. The van der Waals surface area contributed by atoms with E-state index in [2.05, 4.69) is 0 Å². The van der Waals surface area contributed by atoms with E-state index in [0.29, 0.717) is 5.92 Å². The maximum atomic E-state index is 8.88. The zero-order valence-corrected chi connectivity index (χ0v) is 7.17. The van der Waals surface area contributed by atoms with Crippen molar-refractivity contribution in [1.29, 1.82) is 0 Å². The molecule has 1 rings (SSSR count). The topological polar surface area (TPSA) is 38.7 Å². The van der Waals surface area contributed by atoms with Gasteiger partial charge in [-0.2, -0.15) is 0 Å². The minimum Gasteiger partial charge on any atom is -0.396 e. The quantitative estimate of drug-likeness (QED) is 0.620. The molecule has 1 atom stereocenters. The summed E-state index contributed by atoms with van der Waals surface area (Å²) in [6, 6.07) is 0. The number of hydrogen-bond acceptors (Lipinski definition) is 3. The monoisotopic (exact) mass is 160 g/mol. The van der Waals surface area contributed by atoms with Crippen LogP contribution < -0.4 is 0 Å². The molecular formula is C8H16O3. The number of aliphatic hydroxyl groups is 1. The van der Waals surface area contributed by atoms with Crippen LogP contribution in [0.3, 0.4) is 0 Å². The van der Waals surface area contributed by atoms with Crippen molar-refractivity contribution in [3.8, 4) is 0 Å². The molecule has 0 aromatic heterocycles. The molecule has 0 bridgehead atoms. The minimum absolute atomic E-state index is 0.245. The molecular weight excluding hydrogens is 144 g/mol. The number of methoxy groups -OCH3 is 2. The van der Waals surface area contributed by atoms with Gasteiger partial charge < -0.3 is 14.6 Å². The summed E-state index contributed by atoms with van der Waals surface area (Å²) in [5, 5.41) is 8.88. The van der Waals surface area contributed by atoms with Crippen molar-refractivity contribution >= 4 is 0 Å². The van der Waals surface area contributed by atoms with Gasteiger partial charge >= 0.3 is 0 Å². The molecule has 3 heteroatoms. The van der Waals surface area contributed by atoms with Crippen LogP contribution in [0.25, 0.3) is 0 Å². The standard InChI is InChI=1S/C8H16O3/c1-10-8(11-2)4-3-7(5-8)6-9/h7,9H,3-6H2,1-2H3/t7-/m1/s1. The molecule has 0 heterocycles. The molecule has 0 saturated heterocycles. The highest BCUT2D eigenvalue weighted by atomic mass is 16.7. The molecule has 1 aliphatic carbocycles. The lowest BCUT2D eigenvalue weighted by atomic mass is 10.1. The molecule has 0 aliphatic heterocycles. The van der Waals surface area contributed by atoms with E-state index in [4.69, 9.17) is 14.6 Å². The predicted molar refractivity (Wildman–Crippen MR) is 41.2 cm³/mol. The van der Waals surface area contributed by atoms with Crippen molar-refractivity contribution < 1.29 is 14.6 Å². The smallest absolute Gasteiger partial charge is 0.167 e. The maximum Gasteiger partial charge on any atom is 0.167 e. The van der Waals surface area contributed by atoms with E-state index in [1.165, 1.54) is 0 Å². The molecule has 0 amide bonds. The number of hydrogen-bond donors (Lipinski definition) is 1. The van der Waals surface area contributed by atoms with Gasteiger partial charge in [-0.05, 0) is 12.3 Å². The van der Waals surface area contributed by atoms with Crippen molar-refractivity contribution in [2.45, 2.75) is 25.0 Å².